The van der Waals surface area contributed by atoms with Crippen molar-refractivity contribution >= 4 is 23.3 Å². The molecule has 2 rings (SSSR count). The monoisotopic (exact) mass is 342 g/mol. The molecule has 0 aromatic heterocycles. The summed E-state index contributed by atoms with van der Waals surface area (Å²) in [7, 11) is 1.33. The van der Waals surface area contributed by atoms with Gasteiger partial charge in [0.05, 0.1) is 25.8 Å². The topological polar surface area (TPSA) is 76.7 Å². The van der Waals surface area contributed by atoms with Gasteiger partial charge >= 0.3 is 5.97 Å². The highest BCUT2D eigenvalue weighted by Gasteiger charge is 2.06. The van der Waals surface area contributed by atoms with Crippen LogP contribution < -0.4 is 15.4 Å². The maximum atomic E-state index is 12.0. The lowest BCUT2D eigenvalue weighted by Crippen LogP contribution is -2.21. The second-order valence-electron chi connectivity index (χ2n) is 5.34. The van der Waals surface area contributed by atoms with Crippen LogP contribution in [0.1, 0.15) is 23.7 Å². The zero-order valence-corrected chi connectivity index (χ0v) is 14.4. The van der Waals surface area contributed by atoms with Crippen molar-refractivity contribution in [3.8, 4) is 5.75 Å². The van der Waals surface area contributed by atoms with Crippen molar-refractivity contribution in [1.82, 2.24) is 0 Å². The van der Waals surface area contributed by atoms with E-state index in [1.165, 1.54) is 7.11 Å². The number of nitrogens with one attached hydrogen (secondary N) is 2. The van der Waals surface area contributed by atoms with E-state index in [9.17, 15) is 9.59 Å². The summed E-state index contributed by atoms with van der Waals surface area (Å²) < 4.78 is 10.1. The smallest absolute Gasteiger partial charge is 0.337 e. The molecule has 2 N–H and O–H groups in total. The molecule has 0 aliphatic rings. The highest BCUT2D eigenvalue weighted by molar-refractivity contribution is 5.94. The highest BCUT2D eigenvalue weighted by atomic mass is 16.5. The Kier molecular flexibility index (Phi) is 6.83. The maximum absolute atomic E-state index is 12.0. The fourth-order valence-electron chi connectivity index (χ4n) is 2.08. The Hall–Kier alpha value is -3.02. The van der Waals surface area contributed by atoms with Crippen LogP contribution in [-0.2, 0) is 9.53 Å². The summed E-state index contributed by atoms with van der Waals surface area (Å²) in [4.78, 5) is 23.3. The van der Waals surface area contributed by atoms with Crippen LogP contribution in [0.3, 0.4) is 0 Å². The molecule has 0 heterocycles. The van der Waals surface area contributed by atoms with Crippen LogP contribution in [0.15, 0.2) is 48.5 Å². The van der Waals surface area contributed by atoms with E-state index in [0.29, 0.717) is 17.9 Å². The third-order valence-electron chi connectivity index (χ3n) is 3.37. The van der Waals surface area contributed by atoms with Gasteiger partial charge in [-0.25, -0.2) is 4.79 Å². The first-order valence-corrected chi connectivity index (χ1v) is 8.07. The first kappa shape index (κ1) is 18.3. The standard InChI is InChI=1S/C19H22N2O4/c1-3-12-25-17-10-8-16(9-11-17)21-18(22)13-20-15-6-4-14(5-7-15)19(23)24-2/h4-11,20H,3,12-13H2,1-2H3,(H,21,22). The summed E-state index contributed by atoms with van der Waals surface area (Å²) in [5.74, 6) is 0.221. The van der Waals surface area contributed by atoms with E-state index in [2.05, 4.69) is 15.4 Å². The number of carbonyl (C=O) groups is 2. The van der Waals surface area contributed by atoms with Gasteiger partial charge in [0, 0.05) is 11.4 Å². The molecule has 0 unspecified atom stereocenters. The van der Waals surface area contributed by atoms with Crippen LogP contribution in [-0.4, -0.2) is 32.1 Å². The van der Waals surface area contributed by atoms with Gasteiger partial charge in [0.15, 0.2) is 0 Å². The molecule has 0 fully saturated rings. The van der Waals surface area contributed by atoms with Crippen molar-refractivity contribution in [3.05, 3.63) is 54.1 Å². The Morgan fingerprint density at radius 2 is 1.60 bits per heavy atom. The van der Waals surface area contributed by atoms with Gasteiger partial charge in [-0.15, -0.1) is 0 Å². The quantitative estimate of drug-likeness (QED) is 0.720. The van der Waals surface area contributed by atoms with E-state index in [1.807, 2.05) is 19.1 Å². The number of amides is 1. The Bertz CT molecular complexity index is 696. The zero-order valence-electron chi connectivity index (χ0n) is 14.4. The summed E-state index contributed by atoms with van der Waals surface area (Å²) >= 11 is 0. The number of hydrogen-bond acceptors (Lipinski definition) is 5. The molecule has 0 saturated carbocycles. The van der Waals surface area contributed by atoms with Gasteiger partial charge in [-0.1, -0.05) is 6.92 Å². The molecule has 0 saturated heterocycles. The van der Waals surface area contributed by atoms with Gasteiger partial charge in [-0.3, -0.25) is 4.79 Å². The van der Waals surface area contributed by atoms with Crippen molar-refractivity contribution in [2.75, 3.05) is 30.9 Å². The van der Waals surface area contributed by atoms with Crippen LogP contribution >= 0.6 is 0 Å². The predicted molar refractivity (Wildman–Crippen MR) is 97.1 cm³/mol. The molecule has 132 valence electrons. The number of benzene rings is 2. The Morgan fingerprint density at radius 1 is 0.960 bits per heavy atom. The number of esters is 1. The highest BCUT2D eigenvalue weighted by Crippen LogP contribution is 2.16. The molecule has 25 heavy (non-hydrogen) atoms. The fourth-order valence-corrected chi connectivity index (χ4v) is 2.08. The van der Waals surface area contributed by atoms with Crippen molar-refractivity contribution in [3.63, 3.8) is 0 Å². The molecule has 0 spiro atoms. The van der Waals surface area contributed by atoms with Gasteiger partial charge < -0.3 is 20.1 Å². The minimum atomic E-state index is -0.393. The average molecular weight is 342 g/mol. The number of carbonyl (C=O) groups excluding carboxylic acids is 2. The fraction of sp³-hybridized carbons (Fsp3) is 0.263. The van der Waals surface area contributed by atoms with Gasteiger partial charge in [0.2, 0.25) is 5.91 Å². The van der Waals surface area contributed by atoms with Crippen LogP contribution in [0.25, 0.3) is 0 Å². The summed E-state index contributed by atoms with van der Waals surface area (Å²) in [5.41, 5.74) is 1.91. The molecule has 0 aliphatic heterocycles. The number of anilines is 2. The number of methoxy groups -OCH3 is 1. The van der Waals surface area contributed by atoms with Gasteiger partial charge in [-0.05, 0) is 55.0 Å². The molecular weight excluding hydrogens is 320 g/mol. The van der Waals surface area contributed by atoms with Crippen LogP contribution in [0.2, 0.25) is 0 Å². The van der Waals surface area contributed by atoms with Crippen LogP contribution in [0.4, 0.5) is 11.4 Å². The van der Waals surface area contributed by atoms with Gasteiger partial charge in [0.1, 0.15) is 5.75 Å². The van der Waals surface area contributed by atoms with Gasteiger partial charge in [-0.2, -0.15) is 0 Å². The number of rotatable bonds is 8. The van der Waals surface area contributed by atoms with Crippen molar-refractivity contribution in [2.24, 2.45) is 0 Å². The summed E-state index contributed by atoms with van der Waals surface area (Å²) in [6, 6.07) is 14.0. The van der Waals surface area contributed by atoms with Crippen molar-refractivity contribution in [1.29, 1.82) is 0 Å². The van der Waals surface area contributed by atoms with Crippen molar-refractivity contribution < 1.29 is 19.1 Å². The largest absolute Gasteiger partial charge is 0.494 e. The molecule has 0 atom stereocenters. The summed E-state index contributed by atoms with van der Waals surface area (Å²) in [5, 5.41) is 5.80. The number of hydrogen-bond donors (Lipinski definition) is 2. The van der Waals surface area contributed by atoms with E-state index in [1.54, 1.807) is 36.4 Å². The van der Waals surface area contributed by atoms with E-state index in [4.69, 9.17) is 4.74 Å². The second-order valence-corrected chi connectivity index (χ2v) is 5.34. The first-order valence-electron chi connectivity index (χ1n) is 8.07. The summed E-state index contributed by atoms with van der Waals surface area (Å²) in [6.07, 6.45) is 0.949. The Labute approximate surface area is 147 Å². The molecule has 0 bridgehead atoms. The maximum Gasteiger partial charge on any atom is 0.337 e. The third-order valence-corrected chi connectivity index (χ3v) is 3.37. The second kappa shape index (κ2) is 9.32. The Balaban J connectivity index is 1.81. The average Bonchev–Trinajstić information content (AvgIpc) is 2.65. The van der Waals surface area contributed by atoms with Crippen LogP contribution in [0.5, 0.6) is 5.75 Å². The molecule has 2 aromatic rings. The zero-order chi connectivity index (χ0) is 18.1. The minimum absolute atomic E-state index is 0.117. The lowest BCUT2D eigenvalue weighted by atomic mass is 10.2. The molecule has 6 nitrogen and oxygen atoms in total. The molecule has 1 amide bonds. The molecule has 6 heteroatoms. The molecule has 0 radical (unpaired) electrons. The van der Waals surface area contributed by atoms with E-state index < -0.39 is 5.97 Å². The normalized spacial score (nSPS) is 10.0. The molecular formula is C19H22N2O4. The molecule has 0 aliphatic carbocycles. The lowest BCUT2D eigenvalue weighted by Gasteiger charge is -2.09. The van der Waals surface area contributed by atoms with E-state index in [-0.39, 0.29) is 12.5 Å². The molecule has 2 aromatic carbocycles. The minimum Gasteiger partial charge on any atom is -0.494 e. The van der Waals surface area contributed by atoms with Crippen molar-refractivity contribution in [2.45, 2.75) is 13.3 Å². The SMILES string of the molecule is CCCOc1ccc(NC(=O)CNc2ccc(C(=O)OC)cc2)cc1. The Morgan fingerprint density at radius 3 is 2.20 bits per heavy atom. The number of ether oxygens (including phenoxy) is 2. The summed E-state index contributed by atoms with van der Waals surface area (Å²) in [6.45, 7) is 2.83. The van der Waals surface area contributed by atoms with Gasteiger partial charge in [0.25, 0.3) is 0 Å². The third kappa shape index (κ3) is 5.84. The predicted octanol–water partition coefficient (Wildman–Crippen LogP) is 3.31. The van der Waals surface area contributed by atoms with E-state index in [0.717, 1.165) is 17.9 Å². The lowest BCUT2D eigenvalue weighted by molar-refractivity contribution is -0.114. The van der Waals surface area contributed by atoms with Crippen LogP contribution in [0, 0.1) is 0 Å². The first-order chi connectivity index (χ1) is 12.1. The van der Waals surface area contributed by atoms with E-state index >= 15 is 0 Å².